The lowest BCUT2D eigenvalue weighted by Crippen LogP contribution is -2.32. The van der Waals surface area contributed by atoms with Crippen LogP contribution in [0.1, 0.15) is 41.6 Å². The fourth-order valence-electron chi connectivity index (χ4n) is 3.32. The maximum atomic E-state index is 12.5. The van der Waals surface area contributed by atoms with Gasteiger partial charge in [0.2, 0.25) is 10.0 Å². The summed E-state index contributed by atoms with van der Waals surface area (Å²) in [5.74, 6) is -0.922. The van der Waals surface area contributed by atoms with Crippen LogP contribution in [-0.4, -0.2) is 27.8 Å². The first kappa shape index (κ1) is 20.5. The summed E-state index contributed by atoms with van der Waals surface area (Å²) in [5.41, 5.74) is -0.193. The third kappa shape index (κ3) is 4.09. The van der Waals surface area contributed by atoms with Crippen LogP contribution in [0.15, 0.2) is 58.3 Å². The lowest BCUT2D eigenvalue weighted by molar-refractivity contribution is 0.0444. The molecule has 1 fully saturated rings. The molecule has 1 amide bonds. The molecule has 1 saturated carbocycles. The first-order valence-corrected chi connectivity index (χ1v) is 11.6. The number of nitrogens with two attached hydrogens (primary N) is 1. The van der Waals surface area contributed by atoms with Crippen molar-refractivity contribution in [3.8, 4) is 0 Å². The Morgan fingerprint density at radius 1 is 0.929 bits per heavy atom. The first-order valence-electron chi connectivity index (χ1n) is 8.55. The van der Waals surface area contributed by atoms with Crippen molar-refractivity contribution in [3.63, 3.8) is 0 Å². The Labute approximate surface area is 163 Å². The van der Waals surface area contributed by atoms with E-state index in [4.69, 9.17) is 5.14 Å². The average molecular weight is 425 g/mol. The zero-order chi connectivity index (χ0) is 20.6. The van der Waals surface area contributed by atoms with Crippen LogP contribution in [0.5, 0.6) is 0 Å². The Balaban J connectivity index is 1.85. The standard InChI is InChI=1S/C18H20N2O6S2/c19-27(23,24)15-5-1-2-6-16(15)28(25,26)20-17(21)13-7-9-14(10-8-13)18(22)11-3-4-12-18/h1-2,5-10,22H,3-4,11-12H2,(H,20,21)(H2,19,23,24). The highest BCUT2D eigenvalue weighted by Crippen LogP contribution is 2.38. The minimum absolute atomic E-state index is 0.0574. The van der Waals surface area contributed by atoms with Crippen molar-refractivity contribution in [1.82, 2.24) is 4.72 Å². The van der Waals surface area contributed by atoms with Gasteiger partial charge in [-0.05, 0) is 42.7 Å². The van der Waals surface area contributed by atoms with Crippen molar-refractivity contribution in [2.45, 2.75) is 41.1 Å². The normalized spacial score (nSPS) is 16.6. The molecule has 0 heterocycles. The van der Waals surface area contributed by atoms with E-state index in [0.29, 0.717) is 18.4 Å². The number of aliphatic hydroxyl groups is 1. The molecule has 0 saturated heterocycles. The molecule has 0 atom stereocenters. The van der Waals surface area contributed by atoms with E-state index in [9.17, 15) is 26.7 Å². The van der Waals surface area contributed by atoms with Crippen molar-refractivity contribution in [2.75, 3.05) is 0 Å². The molecule has 2 aromatic carbocycles. The van der Waals surface area contributed by atoms with E-state index < -0.39 is 41.3 Å². The number of nitrogens with one attached hydrogen (secondary N) is 1. The van der Waals surface area contributed by atoms with Gasteiger partial charge >= 0.3 is 0 Å². The van der Waals surface area contributed by atoms with E-state index in [1.54, 1.807) is 12.1 Å². The Hall–Kier alpha value is -2.27. The molecule has 10 heteroatoms. The number of sulfonamides is 2. The quantitative estimate of drug-likeness (QED) is 0.658. The molecule has 28 heavy (non-hydrogen) atoms. The maximum absolute atomic E-state index is 12.5. The van der Waals surface area contributed by atoms with Gasteiger partial charge in [0.25, 0.3) is 15.9 Å². The fraction of sp³-hybridized carbons (Fsp3) is 0.278. The van der Waals surface area contributed by atoms with Crippen molar-refractivity contribution in [3.05, 3.63) is 59.7 Å². The molecule has 0 spiro atoms. The van der Waals surface area contributed by atoms with Crippen LogP contribution in [0.4, 0.5) is 0 Å². The Kier molecular flexibility index (Phi) is 5.32. The maximum Gasteiger partial charge on any atom is 0.265 e. The summed E-state index contributed by atoms with van der Waals surface area (Å²) >= 11 is 0. The second-order valence-electron chi connectivity index (χ2n) is 6.74. The number of benzene rings is 2. The molecule has 2 aromatic rings. The van der Waals surface area contributed by atoms with Crippen LogP contribution < -0.4 is 9.86 Å². The van der Waals surface area contributed by atoms with Gasteiger partial charge in [0, 0.05) is 5.56 Å². The van der Waals surface area contributed by atoms with Gasteiger partial charge in [-0.2, -0.15) is 0 Å². The van der Waals surface area contributed by atoms with Gasteiger partial charge in [-0.15, -0.1) is 0 Å². The lowest BCUT2D eigenvalue weighted by Gasteiger charge is -2.22. The zero-order valence-electron chi connectivity index (χ0n) is 14.8. The van der Waals surface area contributed by atoms with Crippen LogP contribution >= 0.6 is 0 Å². The lowest BCUT2D eigenvalue weighted by atomic mass is 9.91. The van der Waals surface area contributed by atoms with E-state index in [2.05, 4.69) is 0 Å². The monoisotopic (exact) mass is 424 g/mol. The van der Waals surface area contributed by atoms with Crippen molar-refractivity contribution >= 4 is 26.0 Å². The first-order chi connectivity index (χ1) is 13.0. The average Bonchev–Trinajstić information content (AvgIpc) is 3.09. The minimum Gasteiger partial charge on any atom is -0.385 e. The number of primary sulfonamides is 1. The number of carbonyl (C=O) groups is 1. The number of rotatable bonds is 5. The van der Waals surface area contributed by atoms with Crippen LogP contribution in [0.3, 0.4) is 0 Å². The van der Waals surface area contributed by atoms with Crippen molar-refractivity contribution < 1.29 is 26.7 Å². The summed E-state index contributed by atoms with van der Waals surface area (Å²) in [6, 6.07) is 10.8. The predicted molar refractivity (Wildman–Crippen MR) is 101 cm³/mol. The highest BCUT2D eigenvalue weighted by Gasteiger charge is 2.33. The van der Waals surface area contributed by atoms with E-state index in [1.165, 1.54) is 24.3 Å². The zero-order valence-corrected chi connectivity index (χ0v) is 16.5. The van der Waals surface area contributed by atoms with Gasteiger partial charge in [-0.3, -0.25) is 4.79 Å². The van der Waals surface area contributed by atoms with E-state index in [0.717, 1.165) is 25.0 Å². The molecule has 4 N–H and O–H groups in total. The van der Waals surface area contributed by atoms with Gasteiger partial charge in [0.1, 0.15) is 9.79 Å². The fourth-order valence-corrected chi connectivity index (χ4v) is 5.68. The topological polar surface area (TPSA) is 144 Å². The number of amides is 1. The molecule has 0 bridgehead atoms. The second-order valence-corrected chi connectivity index (χ2v) is 9.92. The molecule has 150 valence electrons. The molecule has 0 aliphatic heterocycles. The van der Waals surface area contributed by atoms with Gasteiger partial charge in [-0.1, -0.05) is 37.1 Å². The third-order valence-electron chi connectivity index (χ3n) is 4.79. The SMILES string of the molecule is NS(=O)(=O)c1ccccc1S(=O)(=O)NC(=O)c1ccc(C2(O)CCCC2)cc1. The number of hydrogen-bond donors (Lipinski definition) is 3. The van der Waals surface area contributed by atoms with Crippen LogP contribution in [0.25, 0.3) is 0 Å². The van der Waals surface area contributed by atoms with Crippen LogP contribution in [0.2, 0.25) is 0 Å². The molecule has 0 unspecified atom stereocenters. The molecular weight excluding hydrogens is 404 g/mol. The summed E-state index contributed by atoms with van der Waals surface area (Å²) in [7, 11) is -8.76. The molecule has 1 aliphatic rings. The Morgan fingerprint density at radius 3 is 2.00 bits per heavy atom. The molecule has 0 radical (unpaired) electrons. The summed E-state index contributed by atoms with van der Waals surface area (Å²) in [6.45, 7) is 0. The largest absolute Gasteiger partial charge is 0.385 e. The molecular formula is C18H20N2O6S2. The molecule has 1 aliphatic carbocycles. The van der Waals surface area contributed by atoms with Crippen LogP contribution in [0, 0.1) is 0 Å². The summed E-state index contributed by atoms with van der Waals surface area (Å²) < 4.78 is 50.1. The third-order valence-corrected chi connectivity index (χ3v) is 7.27. The van der Waals surface area contributed by atoms with Crippen LogP contribution in [-0.2, 0) is 25.6 Å². The van der Waals surface area contributed by atoms with Crippen molar-refractivity contribution in [2.24, 2.45) is 5.14 Å². The molecule has 3 rings (SSSR count). The number of hydrogen-bond acceptors (Lipinski definition) is 6. The minimum atomic E-state index is -4.47. The highest BCUT2D eigenvalue weighted by molar-refractivity contribution is 7.92. The highest BCUT2D eigenvalue weighted by atomic mass is 32.2. The molecule has 0 aromatic heterocycles. The van der Waals surface area contributed by atoms with Gasteiger partial charge in [-0.25, -0.2) is 26.7 Å². The number of carbonyl (C=O) groups excluding carboxylic acids is 1. The summed E-state index contributed by atoms with van der Waals surface area (Å²) in [4.78, 5) is 11.2. The Morgan fingerprint density at radius 2 is 1.46 bits per heavy atom. The smallest absolute Gasteiger partial charge is 0.265 e. The van der Waals surface area contributed by atoms with Gasteiger partial charge in [0.05, 0.1) is 5.60 Å². The molecule has 8 nitrogen and oxygen atoms in total. The van der Waals surface area contributed by atoms with Gasteiger partial charge in [0.15, 0.2) is 0 Å². The van der Waals surface area contributed by atoms with E-state index in [-0.39, 0.29) is 5.56 Å². The van der Waals surface area contributed by atoms with E-state index in [1.807, 2.05) is 4.72 Å². The summed E-state index contributed by atoms with van der Waals surface area (Å²) in [6.07, 6.45) is 3.11. The predicted octanol–water partition coefficient (Wildman–Crippen LogP) is 1.21. The van der Waals surface area contributed by atoms with Gasteiger partial charge < -0.3 is 5.11 Å². The summed E-state index contributed by atoms with van der Waals surface area (Å²) in [5, 5.41) is 15.6. The second kappa shape index (κ2) is 7.28. The van der Waals surface area contributed by atoms with E-state index >= 15 is 0 Å². The van der Waals surface area contributed by atoms with Crippen molar-refractivity contribution in [1.29, 1.82) is 0 Å². The Bertz CT molecular complexity index is 1100.